The van der Waals surface area contributed by atoms with Gasteiger partial charge in [-0.25, -0.2) is 0 Å². The van der Waals surface area contributed by atoms with Gasteiger partial charge in [0.25, 0.3) is 0 Å². The standard InChI is InChI=1S/C22H18ClN3O2/c1-27-17-12-10-16(11-13-17)24-14-15-6-2-3-7-18(15)21-25-26-22(28-21)19-8-4-5-9-20(19)23/h2-13,24H,14H2,1H3. The molecule has 0 aliphatic carbocycles. The topological polar surface area (TPSA) is 60.2 Å². The third-order valence-electron chi connectivity index (χ3n) is 4.35. The smallest absolute Gasteiger partial charge is 0.249 e. The Morgan fingerprint density at radius 2 is 1.50 bits per heavy atom. The Hall–Kier alpha value is -3.31. The van der Waals surface area contributed by atoms with Crippen LogP contribution < -0.4 is 10.1 Å². The maximum atomic E-state index is 6.24. The van der Waals surface area contributed by atoms with Crippen molar-refractivity contribution in [2.75, 3.05) is 12.4 Å². The summed E-state index contributed by atoms with van der Waals surface area (Å²) in [6.07, 6.45) is 0. The molecule has 0 radical (unpaired) electrons. The third-order valence-corrected chi connectivity index (χ3v) is 4.68. The predicted molar refractivity (Wildman–Crippen MR) is 111 cm³/mol. The number of benzene rings is 3. The van der Waals surface area contributed by atoms with Crippen LogP contribution in [0.4, 0.5) is 5.69 Å². The van der Waals surface area contributed by atoms with Crippen molar-refractivity contribution in [3.8, 4) is 28.7 Å². The van der Waals surface area contributed by atoms with Crippen LogP contribution in [-0.2, 0) is 6.54 Å². The molecule has 0 atom stereocenters. The molecule has 0 amide bonds. The number of hydrogen-bond acceptors (Lipinski definition) is 5. The highest BCUT2D eigenvalue weighted by molar-refractivity contribution is 6.33. The molecule has 0 bridgehead atoms. The molecule has 0 unspecified atom stereocenters. The number of rotatable bonds is 6. The maximum absolute atomic E-state index is 6.24. The molecule has 0 saturated carbocycles. The maximum Gasteiger partial charge on any atom is 0.249 e. The summed E-state index contributed by atoms with van der Waals surface area (Å²) in [6, 6.07) is 23.1. The van der Waals surface area contributed by atoms with E-state index in [9.17, 15) is 0 Å². The average molecular weight is 392 g/mol. The lowest BCUT2D eigenvalue weighted by Gasteiger charge is -2.10. The number of nitrogens with zero attached hydrogens (tertiary/aromatic N) is 2. The fourth-order valence-corrected chi connectivity index (χ4v) is 3.08. The lowest BCUT2D eigenvalue weighted by Crippen LogP contribution is -2.01. The Morgan fingerprint density at radius 1 is 0.857 bits per heavy atom. The highest BCUT2D eigenvalue weighted by atomic mass is 35.5. The van der Waals surface area contributed by atoms with Crippen LogP contribution in [0, 0.1) is 0 Å². The summed E-state index contributed by atoms with van der Waals surface area (Å²) < 4.78 is 11.1. The highest BCUT2D eigenvalue weighted by Gasteiger charge is 2.15. The van der Waals surface area contributed by atoms with E-state index in [1.807, 2.05) is 66.7 Å². The summed E-state index contributed by atoms with van der Waals surface area (Å²) in [5, 5.41) is 12.4. The van der Waals surface area contributed by atoms with E-state index in [0.717, 1.165) is 28.1 Å². The van der Waals surface area contributed by atoms with Gasteiger partial charge in [-0.3, -0.25) is 0 Å². The van der Waals surface area contributed by atoms with Crippen LogP contribution in [0.5, 0.6) is 5.75 Å². The van der Waals surface area contributed by atoms with Gasteiger partial charge in [0.1, 0.15) is 5.75 Å². The second-order valence-corrected chi connectivity index (χ2v) is 6.54. The van der Waals surface area contributed by atoms with Crippen molar-refractivity contribution in [2.45, 2.75) is 6.54 Å². The van der Waals surface area contributed by atoms with E-state index in [0.29, 0.717) is 23.3 Å². The number of aromatic nitrogens is 2. The molecule has 140 valence electrons. The summed E-state index contributed by atoms with van der Waals surface area (Å²) in [5.41, 5.74) is 3.65. The number of ether oxygens (including phenoxy) is 1. The Kier molecular flexibility index (Phi) is 5.26. The zero-order valence-electron chi connectivity index (χ0n) is 15.2. The van der Waals surface area contributed by atoms with Crippen LogP contribution in [0.1, 0.15) is 5.56 Å². The predicted octanol–water partition coefficient (Wildman–Crippen LogP) is 5.68. The van der Waals surface area contributed by atoms with E-state index in [4.69, 9.17) is 20.8 Å². The molecule has 1 heterocycles. The van der Waals surface area contributed by atoms with Gasteiger partial charge in [-0.2, -0.15) is 0 Å². The molecule has 4 rings (SSSR count). The largest absolute Gasteiger partial charge is 0.497 e. The van der Waals surface area contributed by atoms with Gasteiger partial charge < -0.3 is 14.5 Å². The van der Waals surface area contributed by atoms with Gasteiger partial charge >= 0.3 is 0 Å². The molecule has 0 saturated heterocycles. The molecule has 0 spiro atoms. The molecule has 3 aromatic carbocycles. The summed E-state index contributed by atoms with van der Waals surface area (Å²) in [4.78, 5) is 0. The van der Waals surface area contributed by atoms with Gasteiger partial charge in [0.15, 0.2) is 0 Å². The fourth-order valence-electron chi connectivity index (χ4n) is 2.86. The molecular formula is C22H18ClN3O2. The van der Waals surface area contributed by atoms with Crippen molar-refractivity contribution >= 4 is 17.3 Å². The molecule has 6 heteroatoms. The Bertz CT molecular complexity index is 1080. The summed E-state index contributed by atoms with van der Waals surface area (Å²) in [7, 11) is 1.65. The minimum absolute atomic E-state index is 0.401. The molecule has 4 aromatic rings. The van der Waals surface area contributed by atoms with Crippen molar-refractivity contribution in [2.24, 2.45) is 0 Å². The number of nitrogens with one attached hydrogen (secondary N) is 1. The van der Waals surface area contributed by atoms with Crippen molar-refractivity contribution in [1.82, 2.24) is 10.2 Å². The number of anilines is 1. The van der Waals surface area contributed by atoms with Gasteiger partial charge in [0.2, 0.25) is 11.8 Å². The number of methoxy groups -OCH3 is 1. The second-order valence-electron chi connectivity index (χ2n) is 6.13. The summed E-state index contributed by atoms with van der Waals surface area (Å²) >= 11 is 6.24. The molecule has 28 heavy (non-hydrogen) atoms. The SMILES string of the molecule is COc1ccc(NCc2ccccc2-c2nnc(-c3ccccc3Cl)o2)cc1. The summed E-state index contributed by atoms with van der Waals surface area (Å²) in [6.45, 7) is 0.617. The first-order valence-corrected chi connectivity index (χ1v) is 9.17. The summed E-state index contributed by atoms with van der Waals surface area (Å²) in [5.74, 6) is 1.68. The van der Waals surface area contributed by atoms with E-state index in [2.05, 4.69) is 15.5 Å². The molecule has 1 N–H and O–H groups in total. The number of hydrogen-bond donors (Lipinski definition) is 1. The molecule has 1 aromatic heterocycles. The Morgan fingerprint density at radius 3 is 2.21 bits per heavy atom. The van der Waals surface area contributed by atoms with Crippen molar-refractivity contribution in [3.05, 3.63) is 83.4 Å². The van der Waals surface area contributed by atoms with E-state index >= 15 is 0 Å². The fraction of sp³-hybridized carbons (Fsp3) is 0.0909. The zero-order chi connectivity index (χ0) is 19.3. The first kappa shape index (κ1) is 18.1. The van der Waals surface area contributed by atoms with E-state index in [1.54, 1.807) is 13.2 Å². The van der Waals surface area contributed by atoms with Crippen LogP contribution in [0.25, 0.3) is 22.9 Å². The van der Waals surface area contributed by atoms with Crippen LogP contribution in [0.15, 0.2) is 77.2 Å². The van der Waals surface area contributed by atoms with Crippen LogP contribution in [0.3, 0.4) is 0 Å². The van der Waals surface area contributed by atoms with E-state index < -0.39 is 0 Å². The third kappa shape index (κ3) is 3.85. The van der Waals surface area contributed by atoms with Gasteiger partial charge in [0.05, 0.1) is 17.7 Å². The highest BCUT2D eigenvalue weighted by Crippen LogP contribution is 2.30. The monoisotopic (exact) mass is 391 g/mol. The average Bonchev–Trinajstić information content (AvgIpc) is 3.23. The van der Waals surface area contributed by atoms with E-state index in [1.165, 1.54) is 0 Å². The Labute approximate surface area is 168 Å². The van der Waals surface area contributed by atoms with Crippen LogP contribution >= 0.6 is 11.6 Å². The minimum Gasteiger partial charge on any atom is -0.497 e. The second kappa shape index (κ2) is 8.15. The molecule has 0 aliphatic heterocycles. The van der Waals surface area contributed by atoms with Gasteiger partial charge in [-0.15, -0.1) is 10.2 Å². The molecular weight excluding hydrogens is 374 g/mol. The first-order chi connectivity index (χ1) is 13.7. The van der Waals surface area contributed by atoms with Crippen LogP contribution in [0.2, 0.25) is 5.02 Å². The van der Waals surface area contributed by atoms with Crippen molar-refractivity contribution < 1.29 is 9.15 Å². The van der Waals surface area contributed by atoms with Crippen molar-refractivity contribution in [3.63, 3.8) is 0 Å². The van der Waals surface area contributed by atoms with E-state index in [-0.39, 0.29) is 0 Å². The normalized spacial score (nSPS) is 10.6. The minimum atomic E-state index is 0.401. The molecule has 5 nitrogen and oxygen atoms in total. The van der Waals surface area contributed by atoms with Gasteiger partial charge in [0, 0.05) is 17.8 Å². The van der Waals surface area contributed by atoms with Gasteiger partial charge in [-0.1, -0.05) is 41.9 Å². The Balaban J connectivity index is 1.57. The lowest BCUT2D eigenvalue weighted by atomic mass is 10.1. The van der Waals surface area contributed by atoms with Gasteiger partial charge in [-0.05, 0) is 48.0 Å². The first-order valence-electron chi connectivity index (χ1n) is 8.79. The molecule has 0 fully saturated rings. The molecule has 0 aliphatic rings. The van der Waals surface area contributed by atoms with Crippen molar-refractivity contribution in [1.29, 1.82) is 0 Å². The number of halogens is 1. The quantitative estimate of drug-likeness (QED) is 0.458. The lowest BCUT2D eigenvalue weighted by molar-refractivity contribution is 0.415. The zero-order valence-corrected chi connectivity index (χ0v) is 16.0. The van der Waals surface area contributed by atoms with Crippen LogP contribution in [-0.4, -0.2) is 17.3 Å².